The van der Waals surface area contributed by atoms with Crippen molar-refractivity contribution in [2.24, 2.45) is 11.3 Å². The first-order valence-corrected chi connectivity index (χ1v) is 11.4. The molecule has 5 heteroatoms. The van der Waals surface area contributed by atoms with Gasteiger partial charge in [-0.1, -0.05) is 103 Å². The van der Waals surface area contributed by atoms with Gasteiger partial charge in [0.25, 0.3) is 0 Å². The predicted octanol–water partition coefficient (Wildman–Crippen LogP) is 5.59. The van der Waals surface area contributed by atoms with Crippen LogP contribution in [0, 0.1) is 22.7 Å². The van der Waals surface area contributed by atoms with Gasteiger partial charge in [-0.3, -0.25) is 4.79 Å². The number of amides is 1. The molecule has 0 radical (unpaired) electrons. The predicted molar refractivity (Wildman–Crippen MR) is 127 cm³/mol. The highest BCUT2D eigenvalue weighted by atomic mass is 79.9. The maximum absolute atomic E-state index is 13.8. The summed E-state index contributed by atoms with van der Waals surface area (Å²) in [7, 11) is 0. The van der Waals surface area contributed by atoms with Crippen LogP contribution in [0.1, 0.15) is 36.5 Å². The van der Waals surface area contributed by atoms with Gasteiger partial charge in [-0.15, -0.1) is 0 Å². The lowest BCUT2D eigenvalue weighted by atomic mass is 9.58. The number of halogens is 1. The fourth-order valence-corrected chi connectivity index (χ4v) is 5.28. The number of benzene rings is 3. The van der Waals surface area contributed by atoms with Crippen LogP contribution < -0.4 is 0 Å². The van der Waals surface area contributed by atoms with Gasteiger partial charge < -0.3 is 10.0 Å². The Labute approximate surface area is 197 Å². The Bertz CT molecular complexity index is 1140. The Morgan fingerprint density at radius 1 is 0.969 bits per heavy atom. The summed E-state index contributed by atoms with van der Waals surface area (Å²) >= 11 is 3.46. The lowest BCUT2D eigenvalue weighted by Gasteiger charge is -2.58. The van der Waals surface area contributed by atoms with Gasteiger partial charge in [0.1, 0.15) is 5.92 Å². The molecule has 3 atom stereocenters. The van der Waals surface area contributed by atoms with E-state index in [4.69, 9.17) is 0 Å². The lowest BCUT2D eigenvalue weighted by Crippen LogP contribution is -2.66. The summed E-state index contributed by atoms with van der Waals surface area (Å²) in [5, 5.41) is 22.6. The number of nitrogens with zero attached hydrogens (tertiary/aromatic N) is 2. The second-order valence-corrected chi connectivity index (χ2v) is 9.72. The number of hydrogen-bond donors (Lipinski definition) is 1. The van der Waals surface area contributed by atoms with Crippen LogP contribution in [-0.4, -0.2) is 15.9 Å². The number of carbonyl (C=O) groups is 1. The van der Waals surface area contributed by atoms with Crippen LogP contribution in [0.25, 0.3) is 0 Å². The minimum absolute atomic E-state index is 0.204. The van der Waals surface area contributed by atoms with Crippen LogP contribution in [-0.2, 0) is 17.1 Å². The molecule has 162 valence electrons. The van der Waals surface area contributed by atoms with Gasteiger partial charge in [0, 0.05) is 27.9 Å². The van der Waals surface area contributed by atoms with Crippen LogP contribution >= 0.6 is 15.9 Å². The molecule has 3 unspecified atom stereocenters. The van der Waals surface area contributed by atoms with Crippen molar-refractivity contribution in [2.45, 2.75) is 32.0 Å². The smallest absolute Gasteiger partial charge is 0.243 e. The van der Waals surface area contributed by atoms with E-state index in [0.29, 0.717) is 5.56 Å². The lowest BCUT2D eigenvalue weighted by molar-refractivity contribution is -0.232. The summed E-state index contributed by atoms with van der Waals surface area (Å²) < 4.78 is 0.883. The van der Waals surface area contributed by atoms with E-state index in [1.807, 2.05) is 98.8 Å². The van der Waals surface area contributed by atoms with Crippen molar-refractivity contribution in [2.75, 3.05) is 0 Å². The van der Waals surface area contributed by atoms with Gasteiger partial charge in [0.2, 0.25) is 5.91 Å². The molecule has 3 aromatic rings. The normalized spacial score (nSPS) is 24.7. The van der Waals surface area contributed by atoms with Crippen molar-refractivity contribution in [3.63, 3.8) is 0 Å². The quantitative estimate of drug-likeness (QED) is 0.520. The first kappa shape index (κ1) is 22.3. The number of likely N-dealkylation sites (tertiary alicyclic amines) is 1. The van der Waals surface area contributed by atoms with Gasteiger partial charge in [-0.05, 0) is 23.3 Å². The number of nitriles is 1. The number of aliphatic hydroxyl groups is 1. The molecule has 4 rings (SSSR count). The Balaban J connectivity index is 1.94. The fraction of sp³-hybridized carbons (Fsp3) is 0.259. The first-order chi connectivity index (χ1) is 15.3. The molecule has 4 nitrogen and oxygen atoms in total. The van der Waals surface area contributed by atoms with Crippen LogP contribution in [0.5, 0.6) is 0 Å². The van der Waals surface area contributed by atoms with E-state index >= 15 is 0 Å². The summed E-state index contributed by atoms with van der Waals surface area (Å²) in [6.07, 6.45) is 0. The molecule has 32 heavy (non-hydrogen) atoms. The molecule has 0 aromatic heterocycles. The van der Waals surface area contributed by atoms with E-state index in [1.165, 1.54) is 4.90 Å². The molecule has 0 bridgehead atoms. The SMILES string of the molecule is CC1(C)C(c2ccccc2)C(C#N)C(=O)N(Cc2ccccc2)C1(O)c1ccc(Br)cc1. The molecule has 1 aliphatic heterocycles. The molecule has 1 N–H and O–H groups in total. The van der Waals surface area contributed by atoms with Gasteiger partial charge in [0.15, 0.2) is 5.72 Å². The summed E-state index contributed by atoms with van der Waals surface area (Å²) in [6, 6.07) is 28.8. The molecule has 1 aliphatic rings. The average molecular weight is 489 g/mol. The third kappa shape index (κ3) is 3.54. The highest BCUT2D eigenvalue weighted by molar-refractivity contribution is 9.10. The van der Waals surface area contributed by atoms with E-state index in [2.05, 4.69) is 22.0 Å². The molecule has 1 amide bonds. The molecule has 1 fully saturated rings. The zero-order chi connectivity index (χ0) is 22.9. The van der Waals surface area contributed by atoms with Crippen molar-refractivity contribution in [3.05, 3.63) is 106 Å². The Kier molecular flexibility index (Phi) is 5.94. The Morgan fingerprint density at radius 2 is 1.53 bits per heavy atom. The van der Waals surface area contributed by atoms with E-state index in [9.17, 15) is 15.2 Å². The molecule has 3 aromatic carbocycles. The highest BCUT2D eigenvalue weighted by Crippen LogP contribution is 2.58. The zero-order valence-electron chi connectivity index (χ0n) is 18.1. The molecule has 1 heterocycles. The Hall–Kier alpha value is -2.94. The van der Waals surface area contributed by atoms with Crippen LogP contribution in [0.4, 0.5) is 0 Å². The highest BCUT2D eigenvalue weighted by Gasteiger charge is 2.63. The van der Waals surface area contributed by atoms with E-state index in [1.54, 1.807) is 0 Å². The molecular formula is C27H25BrN2O2. The summed E-state index contributed by atoms with van der Waals surface area (Å²) in [5.41, 5.74) is -0.124. The van der Waals surface area contributed by atoms with Crippen molar-refractivity contribution >= 4 is 21.8 Å². The molecule has 0 aliphatic carbocycles. The maximum atomic E-state index is 13.8. The van der Waals surface area contributed by atoms with Gasteiger partial charge >= 0.3 is 0 Å². The minimum Gasteiger partial charge on any atom is -0.366 e. The summed E-state index contributed by atoms with van der Waals surface area (Å²) in [5.74, 6) is -1.76. The topological polar surface area (TPSA) is 64.3 Å². The molecule has 0 saturated carbocycles. The van der Waals surface area contributed by atoms with E-state index in [0.717, 1.165) is 15.6 Å². The van der Waals surface area contributed by atoms with Gasteiger partial charge in [0.05, 0.1) is 6.07 Å². The molecule has 0 spiro atoms. The first-order valence-electron chi connectivity index (χ1n) is 10.6. The minimum atomic E-state index is -1.63. The third-order valence-electron chi connectivity index (χ3n) is 6.66. The average Bonchev–Trinajstić information content (AvgIpc) is 2.80. The van der Waals surface area contributed by atoms with Crippen LogP contribution in [0.15, 0.2) is 89.4 Å². The summed E-state index contributed by atoms with van der Waals surface area (Å²) in [4.78, 5) is 15.3. The zero-order valence-corrected chi connectivity index (χ0v) is 19.7. The van der Waals surface area contributed by atoms with Crippen molar-refractivity contribution in [3.8, 4) is 6.07 Å². The standard InChI is InChI=1S/C27H25BrN2O2/c1-26(2)24(20-11-7-4-8-12-20)23(17-29)25(31)30(18-19-9-5-3-6-10-19)27(26,32)21-13-15-22(28)16-14-21/h3-16,23-24,32H,18H2,1-2H3. The van der Waals surface area contributed by atoms with Crippen molar-refractivity contribution in [1.29, 1.82) is 5.26 Å². The van der Waals surface area contributed by atoms with Crippen LogP contribution in [0.3, 0.4) is 0 Å². The second-order valence-electron chi connectivity index (χ2n) is 8.81. The maximum Gasteiger partial charge on any atom is 0.243 e. The molecular weight excluding hydrogens is 464 g/mol. The van der Waals surface area contributed by atoms with E-state index < -0.39 is 23.0 Å². The van der Waals surface area contributed by atoms with Crippen LogP contribution in [0.2, 0.25) is 0 Å². The number of piperidine rings is 1. The number of hydrogen-bond acceptors (Lipinski definition) is 3. The van der Waals surface area contributed by atoms with E-state index in [-0.39, 0.29) is 12.5 Å². The Morgan fingerprint density at radius 3 is 2.09 bits per heavy atom. The number of carbonyl (C=O) groups excluding carboxylic acids is 1. The summed E-state index contributed by atoms with van der Waals surface area (Å²) in [6.45, 7) is 4.10. The largest absolute Gasteiger partial charge is 0.366 e. The van der Waals surface area contributed by atoms with Gasteiger partial charge in [-0.2, -0.15) is 5.26 Å². The monoisotopic (exact) mass is 488 g/mol. The second kappa shape index (κ2) is 8.54. The number of rotatable bonds is 4. The molecule has 1 saturated heterocycles. The fourth-order valence-electron chi connectivity index (χ4n) is 5.02. The van der Waals surface area contributed by atoms with Gasteiger partial charge in [-0.25, -0.2) is 0 Å². The van der Waals surface area contributed by atoms with Crippen molar-refractivity contribution < 1.29 is 9.90 Å². The third-order valence-corrected chi connectivity index (χ3v) is 7.19. The van der Waals surface area contributed by atoms with Crippen molar-refractivity contribution in [1.82, 2.24) is 4.90 Å².